The third-order valence-electron chi connectivity index (χ3n) is 4.51. The van der Waals surface area contributed by atoms with E-state index in [9.17, 15) is 4.79 Å². The van der Waals surface area contributed by atoms with Crippen LogP contribution in [0.25, 0.3) is 11.0 Å². The van der Waals surface area contributed by atoms with Crippen molar-refractivity contribution in [3.05, 3.63) is 72.2 Å². The van der Waals surface area contributed by atoms with E-state index in [2.05, 4.69) is 15.0 Å². The summed E-state index contributed by atoms with van der Waals surface area (Å²) in [6.45, 7) is 1.94. The van der Waals surface area contributed by atoms with E-state index >= 15 is 0 Å². The summed E-state index contributed by atoms with van der Waals surface area (Å²) in [5.41, 5.74) is 2.13. The number of ether oxygens (including phenoxy) is 2. The Kier molecular flexibility index (Phi) is 6.54. The zero-order valence-electron chi connectivity index (χ0n) is 17.2. The van der Waals surface area contributed by atoms with Crippen LogP contribution in [0.5, 0.6) is 5.75 Å². The fraction of sp³-hybridized carbons (Fsp3) is 0.130. The molecule has 0 unspecified atom stereocenters. The van der Waals surface area contributed by atoms with Gasteiger partial charge in [0.15, 0.2) is 0 Å². The maximum atomic E-state index is 12.1. The van der Waals surface area contributed by atoms with Crippen LogP contribution in [0.4, 0.5) is 0 Å². The van der Waals surface area contributed by atoms with Crippen LogP contribution in [0.3, 0.4) is 0 Å². The third kappa shape index (κ3) is 4.89. The first-order valence-corrected chi connectivity index (χ1v) is 12.1. The van der Waals surface area contributed by atoms with Crippen molar-refractivity contribution >= 4 is 53.3 Å². The molecule has 0 atom stereocenters. The molecule has 0 bridgehead atoms. The minimum absolute atomic E-state index is 0.353. The Balaban J connectivity index is 1.74. The normalized spacial score (nSPS) is 11.2. The SMILES string of the molecule is COC(=O)c1ccc(Sc2ccc(OC)cc2)c([As]c2ncnc3nc(C)ccc23)c1. The number of carbonyl (C=O) groups is 1. The summed E-state index contributed by atoms with van der Waals surface area (Å²) in [5, 5.41) is 0.942. The fourth-order valence-electron chi connectivity index (χ4n) is 2.93. The van der Waals surface area contributed by atoms with E-state index in [1.807, 2.05) is 55.5 Å². The molecule has 2 aromatic carbocycles. The molecule has 0 amide bonds. The molecule has 2 heterocycles. The summed E-state index contributed by atoms with van der Waals surface area (Å²) in [6, 6.07) is 17.6. The number of rotatable bonds is 6. The van der Waals surface area contributed by atoms with Crippen LogP contribution >= 0.6 is 11.8 Å². The number of pyridine rings is 1. The molecule has 0 saturated heterocycles. The van der Waals surface area contributed by atoms with Crippen LogP contribution in [0.15, 0.2) is 70.7 Å². The van der Waals surface area contributed by atoms with Gasteiger partial charge in [-0.25, -0.2) is 0 Å². The van der Waals surface area contributed by atoms with Crippen molar-refractivity contribution in [2.75, 3.05) is 14.2 Å². The molecular weight excluding hydrogens is 473 g/mol. The van der Waals surface area contributed by atoms with Gasteiger partial charge in [0.05, 0.1) is 0 Å². The summed E-state index contributed by atoms with van der Waals surface area (Å²) in [6.07, 6.45) is 1.56. The van der Waals surface area contributed by atoms with Crippen molar-refractivity contribution in [2.45, 2.75) is 16.7 Å². The zero-order valence-corrected chi connectivity index (χ0v) is 19.9. The van der Waals surface area contributed by atoms with Crippen LogP contribution < -0.4 is 13.6 Å². The van der Waals surface area contributed by atoms with Crippen molar-refractivity contribution in [3.8, 4) is 5.75 Å². The molecule has 0 N–H and O–H groups in total. The fourth-order valence-corrected chi connectivity index (χ4v) is 6.43. The number of fused-ring (bicyclic) bond motifs is 1. The molecule has 0 aliphatic carbocycles. The number of aromatic nitrogens is 3. The summed E-state index contributed by atoms with van der Waals surface area (Å²) >= 11 is 1.12. The van der Waals surface area contributed by atoms with Crippen molar-refractivity contribution in [3.63, 3.8) is 0 Å². The Bertz CT molecular complexity index is 1250. The summed E-state index contributed by atoms with van der Waals surface area (Å²) < 4.78 is 12.2. The first-order chi connectivity index (χ1) is 15.1. The molecule has 2 aromatic heterocycles. The number of aryl methyl sites for hydroxylation is 1. The van der Waals surface area contributed by atoms with Gasteiger partial charge in [0.25, 0.3) is 0 Å². The van der Waals surface area contributed by atoms with E-state index in [4.69, 9.17) is 9.47 Å². The Hall–Kier alpha value is -2.89. The molecule has 0 aliphatic heterocycles. The number of benzene rings is 2. The van der Waals surface area contributed by atoms with Crippen LogP contribution in [-0.4, -0.2) is 50.9 Å². The van der Waals surface area contributed by atoms with Gasteiger partial charge in [-0.05, 0) is 0 Å². The molecule has 0 fully saturated rings. The Labute approximate surface area is 191 Å². The molecule has 155 valence electrons. The van der Waals surface area contributed by atoms with E-state index in [1.165, 1.54) is 7.11 Å². The summed E-state index contributed by atoms with van der Waals surface area (Å²) in [5.74, 6) is 0.459. The molecular formula is C23H19AsN3O3S. The monoisotopic (exact) mass is 492 g/mol. The number of esters is 1. The molecule has 4 rings (SSSR count). The number of hydrogen-bond donors (Lipinski definition) is 0. The van der Waals surface area contributed by atoms with Gasteiger partial charge in [0.2, 0.25) is 0 Å². The first kappa shape index (κ1) is 21.3. The van der Waals surface area contributed by atoms with Gasteiger partial charge >= 0.3 is 191 Å². The first-order valence-electron chi connectivity index (χ1n) is 9.42. The zero-order chi connectivity index (χ0) is 21.8. The average Bonchev–Trinajstić information content (AvgIpc) is 2.80. The van der Waals surface area contributed by atoms with Crippen molar-refractivity contribution < 1.29 is 14.3 Å². The molecule has 0 saturated carbocycles. The van der Waals surface area contributed by atoms with E-state index < -0.39 is 15.8 Å². The van der Waals surface area contributed by atoms with Crippen molar-refractivity contribution in [1.82, 2.24) is 15.0 Å². The second-order valence-electron chi connectivity index (χ2n) is 6.58. The molecule has 4 aromatic rings. The number of methoxy groups -OCH3 is 2. The van der Waals surface area contributed by atoms with Crippen LogP contribution in [0, 0.1) is 6.92 Å². The van der Waals surface area contributed by atoms with E-state index in [0.29, 0.717) is 11.2 Å². The maximum absolute atomic E-state index is 12.1. The van der Waals surface area contributed by atoms with Crippen molar-refractivity contribution in [2.24, 2.45) is 0 Å². The number of carbonyl (C=O) groups excluding carboxylic acids is 1. The Morgan fingerprint density at radius 2 is 1.81 bits per heavy atom. The Morgan fingerprint density at radius 1 is 1.00 bits per heavy atom. The standard InChI is InChI=1S/C23H19AsN3O3S/c1-14-4-10-18-21(25-13-26-22(18)27-14)24-19-12-15(23(28)30-3)5-11-20(19)31-17-8-6-16(29-2)7-9-17/h4-13H,1-3H3. The van der Waals surface area contributed by atoms with Gasteiger partial charge in [-0.2, -0.15) is 0 Å². The third-order valence-corrected chi connectivity index (χ3v) is 8.40. The van der Waals surface area contributed by atoms with E-state index in [1.54, 1.807) is 31.3 Å². The number of hydrogen-bond acceptors (Lipinski definition) is 7. The van der Waals surface area contributed by atoms with Gasteiger partial charge in [-0.3, -0.25) is 0 Å². The second-order valence-corrected chi connectivity index (χ2v) is 10.1. The average molecular weight is 492 g/mol. The van der Waals surface area contributed by atoms with Crippen LogP contribution in [-0.2, 0) is 4.74 Å². The van der Waals surface area contributed by atoms with Gasteiger partial charge in [-0.15, -0.1) is 0 Å². The van der Waals surface area contributed by atoms with Gasteiger partial charge in [-0.1, -0.05) is 0 Å². The minimum atomic E-state index is -0.522. The summed E-state index contributed by atoms with van der Waals surface area (Å²) in [7, 11) is 3.04. The van der Waals surface area contributed by atoms with Crippen LogP contribution in [0.2, 0.25) is 0 Å². The molecule has 31 heavy (non-hydrogen) atoms. The van der Waals surface area contributed by atoms with E-state index in [-0.39, 0.29) is 5.97 Å². The van der Waals surface area contributed by atoms with Gasteiger partial charge < -0.3 is 0 Å². The van der Waals surface area contributed by atoms with Crippen molar-refractivity contribution in [1.29, 1.82) is 0 Å². The molecule has 0 aliphatic rings. The van der Waals surface area contributed by atoms with E-state index in [0.717, 1.165) is 35.5 Å². The molecule has 6 nitrogen and oxygen atoms in total. The predicted octanol–water partition coefficient (Wildman–Crippen LogP) is 2.93. The topological polar surface area (TPSA) is 74.2 Å². The summed E-state index contributed by atoms with van der Waals surface area (Å²) in [4.78, 5) is 27.7. The van der Waals surface area contributed by atoms with Gasteiger partial charge in [0.1, 0.15) is 0 Å². The predicted molar refractivity (Wildman–Crippen MR) is 122 cm³/mol. The molecule has 1 radical (unpaired) electrons. The Morgan fingerprint density at radius 3 is 2.55 bits per heavy atom. The van der Waals surface area contributed by atoms with Crippen LogP contribution in [0.1, 0.15) is 16.1 Å². The number of nitrogens with zero attached hydrogens (tertiary/aromatic N) is 3. The molecule has 0 spiro atoms. The molecule has 8 heteroatoms. The quantitative estimate of drug-likeness (QED) is 0.303. The van der Waals surface area contributed by atoms with Gasteiger partial charge in [0, 0.05) is 0 Å². The second kappa shape index (κ2) is 9.50.